The number of piperazine rings is 1. The Kier molecular flexibility index (Phi) is 3.43. The van der Waals surface area contributed by atoms with Crippen LogP contribution in [0.25, 0.3) is 0 Å². The maximum Gasteiger partial charge on any atom is 0.312 e. The molecule has 0 bridgehead atoms. The predicted octanol–water partition coefficient (Wildman–Crippen LogP) is 0.723. The molecule has 1 aromatic rings. The molecule has 0 atom stereocenters. The Morgan fingerprint density at radius 2 is 2.00 bits per heavy atom. The molecule has 0 saturated carbocycles. The number of rotatable bonds is 2. The lowest BCUT2D eigenvalue weighted by atomic mass is 10.1. The minimum atomic E-state index is -0.498. The van der Waals surface area contributed by atoms with Crippen LogP contribution in [0.15, 0.2) is 18.2 Å². The molecule has 2 N–H and O–H groups in total. The fourth-order valence-corrected chi connectivity index (χ4v) is 2.02. The summed E-state index contributed by atoms with van der Waals surface area (Å²) in [6.45, 7) is 1.35. The molecule has 1 saturated heterocycles. The number of amides is 2. The lowest BCUT2D eigenvalue weighted by Crippen LogP contribution is -2.52. The van der Waals surface area contributed by atoms with Gasteiger partial charge in [-0.3, -0.25) is 9.59 Å². The number of halogens is 1. The molecule has 1 aliphatic heterocycles. The van der Waals surface area contributed by atoms with Crippen LogP contribution in [0.4, 0.5) is 5.69 Å². The van der Waals surface area contributed by atoms with Crippen LogP contribution in [0, 0.1) is 0 Å². The molecular formula is C12H14ClN3O2. The number of hydrogen-bond acceptors (Lipinski definition) is 3. The van der Waals surface area contributed by atoms with Crippen molar-refractivity contribution in [2.75, 3.05) is 25.9 Å². The van der Waals surface area contributed by atoms with Gasteiger partial charge < -0.3 is 15.5 Å². The van der Waals surface area contributed by atoms with E-state index in [1.807, 2.05) is 0 Å². The summed E-state index contributed by atoms with van der Waals surface area (Å²) in [5.41, 5.74) is 7.02. The molecule has 1 heterocycles. The molecule has 0 spiro atoms. The normalized spacial score (nSPS) is 16.3. The number of carbonyl (C=O) groups excluding carboxylic acids is 2. The van der Waals surface area contributed by atoms with Crippen LogP contribution in [0.5, 0.6) is 0 Å². The van der Waals surface area contributed by atoms with Crippen LogP contribution >= 0.6 is 11.6 Å². The number of nitrogen functional groups attached to an aromatic ring is 1. The molecule has 0 unspecified atom stereocenters. The summed E-state index contributed by atoms with van der Waals surface area (Å²) in [6.07, 6.45) is 0. The number of anilines is 1. The first-order valence-corrected chi connectivity index (χ1v) is 5.95. The number of benzene rings is 1. The average molecular weight is 268 g/mol. The van der Waals surface area contributed by atoms with Crippen LogP contribution in [-0.4, -0.2) is 41.8 Å². The SMILES string of the molecule is CN1CCN(Cc2cc(N)ccc2Cl)C(=O)C1=O. The van der Waals surface area contributed by atoms with E-state index in [-0.39, 0.29) is 0 Å². The number of carbonyl (C=O) groups is 2. The van der Waals surface area contributed by atoms with Gasteiger partial charge in [0.05, 0.1) is 0 Å². The molecule has 96 valence electrons. The van der Waals surface area contributed by atoms with Crippen molar-refractivity contribution in [1.29, 1.82) is 0 Å². The zero-order valence-corrected chi connectivity index (χ0v) is 10.8. The van der Waals surface area contributed by atoms with Gasteiger partial charge in [0.2, 0.25) is 0 Å². The smallest absolute Gasteiger partial charge is 0.312 e. The highest BCUT2D eigenvalue weighted by atomic mass is 35.5. The molecule has 0 aromatic heterocycles. The van der Waals surface area contributed by atoms with Crippen molar-refractivity contribution in [2.45, 2.75) is 6.54 Å². The minimum Gasteiger partial charge on any atom is -0.399 e. The third-order valence-corrected chi connectivity index (χ3v) is 3.32. The number of hydrogen-bond donors (Lipinski definition) is 1. The van der Waals surface area contributed by atoms with Crippen molar-refractivity contribution in [2.24, 2.45) is 0 Å². The van der Waals surface area contributed by atoms with Crippen molar-refractivity contribution in [3.05, 3.63) is 28.8 Å². The Labute approximate surface area is 110 Å². The summed E-state index contributed by atoms with van der Waals surface area (Å²) >= 11 is 6.04. The second kappa shape index (κ2) is 4.86. The van der Waals surface area contributed by atoms with Crippen LogP contribution in [0.3, 0.4) is 0 Å². The molecule has 2 amide bonds. The molecular weight excluding hydrogens is 254 g/mol. The van der Waals surface area contributed by atoms with E-state index in [1.165, 1.54) is 9.80 Å². The van der Waals surface area contributed by atoms with Crippen molar-refractivity contribution >= 4 is 29.1 Å². The molecule has 2 rings (SSSR count). The van der Waals surface area contributed by atoms with Gasteiger partial charge in [0.15, 0.2) is 0 Å². The predicted molar refractivity (Wildman–Crippen MR) is 68.9 cm³/mol. The maximum absolute atomic E-state index is 11.8. The standard InChI is InChI=1S/C12H14ClN3O2/c1-15-4-5-16(12(18)11(15)17)7-8-6-9(14)2-3-10(8)13/h2-3,6H,4-5,7,14H2,1H3. The molecule has 1 fully saturated rings. The third kappa shape index (κ3) is 2.41. The first kappa shape index (κ1) is 12.7. The van der Waals surface area contributed by atoms with Gasteiger partial charge in [-0.2, -0.15) is 0 Å². The van der Waals surface area contributed by atoms with Crippen molar-refractivity contribution in [3.63, 3.8) is 0 Å². The highest BCUT2D eigenvalue weighted by Crippen LogP contribution is 2.21. The molecule has 6 heteroatoms. The largest absolute Gasteiger partial charge is 0.399 e. The molecule has 5 nitrogen and oxygen atoms in total. The second-order valence-corrected chi connectivity index (χ2v) is 4.71. The van der Waals surface area contributed by atoms with Gasteiger partial charge in [0.25, 0.3) is 0 Å². The first-order valence-electron chi connectivity index (χ1n) is 5.57. The Morgan fingerprint density at radius 3 is 2.72 bits per heavy atom. The van der Waals surface area contributed by atoms with E-state index in [4.69, 9.17) is 17.3 Å². The van der Waals surface area contributed by atoms with E-state index >= 15 is 0 Å². The van der Waals surface area contributed by atoms with Gasteiger partial charge >= 0.3 is 11.8 Å². The third-order valence-electron chi connectivity index (χ3n) is 2.95. The van der Waals surface area contributed by atoms with Gasteiger partial charge in [-0.15, -0.1) is 0 Å². The summed E-state index contributed by atoms with van der Waals surface area (Å²) in [5, 5.41) is 0.545. The fourth-order valence-electron chi connectivity index (χ4n) is 1.84. The molecule has 0 radical (unpaired) electrons. The van der Waals surface area contributed by atoms with Crippen molar-refractivity contribution in [1.82, 2.24) is 9.80 Å². The monoisotopic (exact) mass is 267 g/mol. The molecule has 1 aliphatic rings. The van der Waals surface area contributed by atoms with Gasteiger partial charge in [-0.05, 0) is 23.8 Å². The second-order valence-electron chi connectivity index (χ2n) is 4.30. The van der Waals surface area contributed by atoms with E-state index in [9.17, 15) is 9.59 Å². The Hall–Kier alpha value is -1.75. The van der Waals surface area contributed by atoms with E-state index < -0.39 is 11.8 Å². The summed E-state index contributed by atoms with van der Waals surface area (Å²) in [6, 6.07) is 5.11. The number of nitrogens with two attached hydrogens (primary N) is 1. The number of nitrogens with zero attached hydrogens (tertiary/aromatic N) is 2. The Morgan fingerprint density at radius 1 is 1.28 bits per heavy atom. The maximum atomic E-state index is 11.8. The van der Waals surface area contributed by atoms with Crippen LogP contribution in [0.2, 0.25) is 5.02 Å². The van der Waals surface area contributed by atoms with E-state index in [0.717, 1.165) is 5.56 Å². The van der Waals surface area contributed by atoms with Gasteiger partial charge in [-0.1, -0.05) is 11.6 Å². The van der Waals surface area contributed by atoms with Crippen molar-refractivity contribution < 1.29 is 9.59 Å². The van der Waals surface area contributed by atoms with E-state index in [1.54, 1.807) is 25.2 Å². The molecule has 0 aliphatic carbocycles. The van der Waals surface area contributed by atoms with Gasteiger partial charge in [0.1, 0.15) is 0 Å². The van der Waals surface area contributed by atoms with Gasteiger partial charge in [0, 0.05) is 37.4 Å². The lowest BCUT2D eigenvalue weighted by Gasteiger charge is -2.31. The topological polar surface area (TPSA) is 66.6 Å². The molecule has 1 aromatic carbocycles. The summed E-state index contributed by atoms with van der Waals surface area (Å²) in [4.78, 5) is 26.3. The molecule has 18 heavy (non-hydrogen) atoms. The zero-order chi connectivity index (χ0) is 13.3. The summed E-state index contributed by atoms with van der Waals surface area (Å²) in [5.74, 6) is -0.983. The summed E-state index contributed by atoms with van der Waals surface area (Å²) < 4.78 is 0. The minimum absolute atomic E-state index is 0.308. The highest BCUT2D eigenvalue weighted by Gasteiger charge is 2.30. The zero-order valence-electron chi connectivity index (χ0n) is 10.0. The van der Waals surface area contributed by atoms with E-state index in [0.29, 0.717) is 30.3 Å². The van der Waals surface area contributed by atoms with E-state index in [2.05, 4.69) is 0 Å². The van der Waals surface area contributed by atoms with Gasteiger partial charge in [-0.25, -0.2) is 0 Å². The fraction of sp³-hybridized carbons (Fsp3) is 0.333. The van der Waals surface area contributed by atoms with Crippen LogP contribution < -0.4 is 5.73 Å². The van der Waals surface area contributed by atoms with Crippen LogP contribution in [0.1, 0.15) is 5.56 Å². The average Bonchev–Trinajstić information content (AvgIpc) is 2.34. The van der Waals surface area contributed by atoms with Crippen molar-refractivity contribution in [3.8, 4) is 0 Å². The number of likely N-dealkylation sites (N-methyl/N-ethyl adjacent to an activating group) is 1. The van der Waals surface area contributed by atoms with Crippen LogP contribution in [-0.2, 0) is 16.1 Å². The quantitative estimate of drug-likeness (QED) is 0.634. The lowest BCUT2D eigenvalue weighted by molar-refractivity contribution is -0.155. The Balaban J connectivity index is 2.17. The highest BCUT2D eigenvalue weighted by molar-refractivity contribution is 6.35. The Bertz CT molecular complexity index is 504. The summed E-state index contributed by atoms with van der Waals surface area (Å²) in [7, 11) is 1.62. The first-order chi connectivity index (χ1) is 8.49.